The molecule has 1 aliphatic heterocycles. The van der Waals surface area contributed by atoms with Gasteiger partial charge in [-0.2, -0.15) is 0 Å². The van der Waals surface area contributed by atoms with Crippen LogP contribution in [0, 0.1) is 5.82 Å². The first-order valence-corrected chi connectivity index (χ1v) is 10.4. The lowest BCUT2D eigenvalue weighted by Crippen LogP contribution is -2.44. The van der Waals surface area contributed by atoms with Gasteiger partial charge in [-0.25, -0.2) is 4.39 Å². The molecule has 2 amide bonds. The van der Waals surface area contributed by atoms with Crippen molar-refractivity contribution in [2.24, 2.45) is 0 Å². The molecule has 0 saturated heterocycles. The average molecular weight is 422 g/mol. The van der Waals surface area contributed by atoms with Gasteiger partial charge in [-0.15, -0.1) is 0 Å². The molecule has 4 rings (SSSR count). The highest BCUT2D eigenvalue weighted by molar-refractivity contribution is 6.08. The van der Waals surface area contributed by atoms with Gasteiger partial charge < -0.3 is 10.2 Å². The van der Waals surface area contributed by atoms with Gasteiger partial charge in [0.2, 0.25) is 0 Å². The Labute approximate surface area is 179 Å². The Bertz CT molecular complexity index is 1080. The molecule has 1 fully saturated rings. The predicted octanol–water partition coefficient (Wildman–Crippen LogP) is 3.35. The third-order valence-corrected chi connectivity index (χ3v) is 5.98. The molecule has 160 valence electrons. The number of amides is 2. The van der Waals surface area contributed by atoms with Crippen LogP contribution in [0.15, 0.2) is 42.5 Å². The Morgan fingerprint density at radius 3 is 2.71 bits per heavy atom. The van der Waals surface area contributed by atoms with E-state index in [0.29, 0.717) is 41.5 Å². The topological polar surface area (TPSA) is 83.6 Å². The predicted molar refractivity (Wildman–Crippen MR) is 111 cm³/mol. The molecule has 1 aliphatic carbocycles. The molecule has 6 nitrogen and oxygen atoms in total. The zero-order chi connectivity index (χ0) is 22.1. The third kappa shape index (κ3) is 4.13. The number of Topliss-reactive ketones (excluding diaryl/α,β-unsaturated/α-hetero) is 2. The first-order chi connectivity index (χ1) is 14.9. The molecule has 0 spiro atoms. The van der Waals surface area contributed by atoms with Gasteiger partial charge in [-0.3, -0.25) is 19.2 Å². The van der Waals surface area contributed by atoms with Crippen LogP contribution >= 0.6 is 0 Å². The number of hydrogen-bond donors (Lipinski definition) is 1. The van der Waals surface area contributed by atoms with E-state index in [-0.39, 0.29) is 48.2 Å². The summed E-state index contributed by atoms with van der Waals surface area (Å²) in [5.41, 5.74) is 2.23. The second kappa shape index (κ2) is 8.41. The lowest BCUT2D eigenvalue weighted by atomic mass is 9.92. The lowest BCUT2D eigenvalue weighted by Gasteiger charge is -2.29. The normalized spacial score (nSPS) is 19.4. The van der Waals surface area contributed by atoms with Crippen LogP contribution in [-0.2, 0) is 16.1 Å². The summed E-state index contributed by atoms with van der Waals surface area (Å²) in [5.74, 6) is -1.24. The minimum absolute atomic E-state index is 0.0897. The first-order valence-electron chi connectivity index (χ1n) is 10.4. The molecule has 7 heteroatoms. The quantitative estimate of drug-likeness (QED) is 0.749. The smallest absolute Gasteiger partial charge is 0.255 e. The molecule has 31 heavy (non-hydrogen) atoms. The number of halogens is 1. The zero-order valence-corrected chi connectivity index (χ0v) is 17.2. The summed E-state index contributed by atoms with van der Waals surface area (Å²) in [5, 5.41) is 2.92. The maximum Gasteiger partial charge on any atom is 0.255 e. The van der Waals surface area contributed by atoms with Crippen molar-refractivity contribution in [3.8, 4) is 0 Å². The van der Waals surface area contributed by atoms with Gasteiger partial charge in [0, 0.05) is 24.1 Å². The van der Waals surface area contributed by atoms with Crippen molar-refractivity contribution in [2.75, 3.05) is 0 Å². The van der Waals surface area contributed by atoms with Crippen molar-refractivity contribution in [3.05, 3.63) is 70.5 Å². The number of nitrogens with zero attached hydrogens (tertiary/aromatic N) is 1. The number of carbonyl (C=O) groups is 4. The monoisotopic (exact) mass is 422 g/mol. The van der Waals surface area contributed by atoms with Crippen LogP contribution in [0.4, 0.5) is 4.39 Å². The fourth-order valence-corrected chi connectivity index (χ4v) is 4.31. The van der Waals surface area contributed by atoms with Crippen molar-refractivity contribution in [1.29, 1.82) is 0 Å². The second-order valence-corrected chi connectivity index (χ2v) is 8.03. The van der Waals surface area contributed by atoms with Gasteiger partial charge in [0.25, 0.3) is 11.8 Å². The molecule has 2 atom stereocenters. The summed E-state index contributed by atoms with van der Waals surface area (Å²) in [4.78, 5) is 50.9. The van der Waals surface area contributed by atoms with E-state index in [4.69, 9.17) is 0 Å². The van der Waals surface area contributed by atoms with Gasteiger partial charge >= 0.3 is 0 Å². The van der Waals surface area contributed by atoms with Gasteiger partial charge in [-0.05, 0) is 54.3 Å². The lowest BCUT2D eigenvalue weighted by molar-refractivity contribution is -0.133. The van der Waals surface area contributed by atoms with Crippen LogP contribution < -0.4 is 5.32 Å². The molecule has 0 radical (unpaired) electrons. The van der Waals surface area contributed by atoms with Crippen LogP contribution in [0.25, 0.3) is 0 Å². The molecule has 0 bridgehead atoms. The fourth-order valence-electron chi connectivity index (χ4n) is 4.31. The van der Waals surface area contributed by atoms with E-state index in [2.05, 4.69) is 5.32 Å². The number of hydrogen-bond acceptors (Lipinski definition) is 4. The SMILES string of the molecule is CC[C@@H](NC(=O)c1ccc2c(c1)CN(C1CCC(=O)CC1=O)C2=O)c1cccc(F)c1. The van der Waals surface area contributed by atoms with Gasteiger partial charge in [-0.1, -0.05) is 19.1 Å². The first kappa shape index (κ1) is 20.9. The standard InChI is InChI=1S/C24H23FN2O4/c1-2-20(14-4-3-5-17(25)11-14)26-23(30)15-6-8-19-16(10-15)13-27(24(19)31)21-9-7-18(28)12-22(21)29/h3-6,8,10-11,20-21H,2,7,9,12-13H2,1H3,(H,26,30)/t20-,21?/m1/s1. The fraction of sp³-hybridized carbons (Fsp3) is 0.333. The summed E-state index contributed by atoms with van der Waals surface area (Å²) in [7, 11) is 0. The van der Waals surface area contributed by atoms with Crippen LogP contribution in [0.3, 0.4) is 0 Å². The number of carbonyl (C=O) groups excluding carboxylic acids is 4. The zero-order valence-electron chi connectivity index (χ0n) is 17.2. The van der Waals surface area contributed by atoms with Crippen molar-refractivity contribution in [1.82, 2.24) is 10.2 Å². The molecular formula is C24H23FN2O4. The van der Waals surface area contributed by atoms with Crippen LogP contribution in [0.1, 0.15) is 70.5 Å². The van der Waals surface area contributed by atoms with Crippen LogP contribution in [0.2, 0.25) is 0 Å². The Morgan fingerprint density at radius 1 is 1.19 bits per heavy atom. The summed E-state index contributed by atoms with van der Waals surface area (Å²) in [6.07, 6.45) is 1.10. The van der Waals surface area contributed by atoms with Crippen molar-refractivity contribution in [3.63, 3.8) is 0 Å². The Morgan fingerprint density at radius 2 is 2.00 bits per heavy atom. The average Bonchev–Trinajstić information content (AvgIpc) is 3.07. The van der Waals surface area contributed by atoms with Crippen LogP contribution in [-0.4, -0.2) is 34.3 Å². The number of benzene rings is 2. The second-order valence-electron chi connectivity index (χ2n) is 8.03. The summed E-state index contributed by atoms with van der Waals surface area (Å²) >= 11 is 0. The molecular weight excluding hydrogens is 399 g/mol. The Balaban J connectivity index is 1.50. The van der Waals surface area contributed by atoms with E-state index in [1.54, 1.807) is 30.3 Å². The number of ketones is 2. The minimum atomic E-state index is -0.590. The maximum atomic E-state index is 13.6. The van der Waals surface area contributed by atoms with E-state index in [1.165, 1.54) is 17.0 Å². The molecule has 1 unspecified atom stereocenters. The highest BCUT2D eigenvalue weighted by Crippen LogP contribution is 2.30. The molecule has 2 aliphatic rings. The minimum Gasteiger partial charge on any atom is -0.345 e. The largest absolute Gasteiger partial charge is 0.345 e. The summed E-state index contributed by atoms with van der Waals surface area (Å²) in [6.45, 7) is 2.14. The van der Waals surface area contributed by atoms with Gasteiger partial charge in [0.05, 0.1) is 18.5 Å². The van der Waals surface area contributed by atoms with Crippen molar-refractivity contribution in [2.45, 2.75) is 51.2 Å². The van der Waals surface area contributed by atoms with E-state index in [0.717, 1.165) is 0 Å². The van der Waals surface area contributed by atoms with E-state index < -0.39 is 6.04 Å². The van der Waals surface area contributed by atoms with Crippen molar-refractivity contribution < 1.29 is 23.6 Å². The number of nitrogens with one attached hydrogen (secondary N) is 1. The molecule has 1 N–H and O–H groups in total. The van der Waals surface area contributed by atoms with Gasteiger partial charge in [0.15, 0.2) is 5.78 Å². The van der Waals surface area contributed by atoms with E-state index in [9.17, 15) is 23.6 Å². The Hall–Kier alpha value is -3.35. The highest BCUT2D eigenvalue weighted by Gasteiger charge is 2.39. The maximum absolute atomic E-state index is 13.6. The van der Waals surface area contributed by atoms with Gasteiger partial charge in [0.1, 0.15) is 11.6 Å². The molecule has 1 heterocycles. The Kier molecular flexibility index (Phi) is 5.67. The molecule has 1 saturated carbocycles. The number of rotatable bonds is 5. The molecule has 2 aromatic rings. The highest BCUT2D eigenvalue weighted by atomic mass is 19.1. The van der Waals surface area contributed by atoms with E-state index >= 15 is 0 Å². The number of fused-ring (bicyclic) bond motifs is 1. The molecule has 2 aromatic carbocycles. The van der Waals surface area contributed by atoms with Crippen molar-refractivity contribution >= 4 is 23.4 Å². The van der Waals surface area contributed by atoms with Crippen LogP contribution in [0.5, 0.6) is 0 Å². The third-order valence-electron chi connectivity index (χ3n) is 5.98. The summed E-state index contributed by atoms with van der Waals surface area (Å²) < 4.78 is 13.6. The van der Waals surface area contributed by atoms with E-state index in [1.807, 2.05) is 6.92 Å². The molecule has 0 aromatic heterocycles. The summed E-state index contributed by atoms with van der Waals surface area (Å²) in [6, 6.07) is 10.1.